The highest BCUT2D eigenvalue weighted by atomic mass is 14.5. The average molecular weight is 164 g/mol. The second-order valence-corrected chi connectivity index (χ2v) is 5.48. The summed E-state index contributed by atoms with van der Waals surface area (Å²) in [5.74, 6) is 2.31. The number of rotatable bonds is 0. The molecule has 0 aromatic heterocycles. The van der Waals surface area contributed by atoms with Gasteiger partial charge in [-0.05, 0) is 62.2 Å². The monoisotopic (exact) mass is 164 g/mol. The highest BCUT2D eigenvalue weighted by molar-refractivity contribution is 4.98. The van der Waals surface area contributed by atoms with Gasteiger partial charge in [0.2, 0.25) is 0 Å². The van der Waals surface area contributed by atoms with E-state index in [9.17, 15) is 0 Å². The third-order valence-electron chi connectivity index (χ3n) is 5.06. The molecule has 1 atom stereocenters. The van der Waals surface area contributed by atoms with Crippen molar-refractivity contribution in [2.24, 2.45) is 17.3 Å². The second-order valence-electron chi connectivity index (χ2n) is 5.48. The summed E-state index contributed by atoms with van der Waals surface area (Å²) in [6.45, 7) is 0. The van der Waals surface area contributed by atoms with Gasteiger partial charge in [-0.1, -0.05) is 12.8 Å². The summed E-state index contributed by atoms with van der Waals surface area (Å²) < 4.78 is 0. The van der Waals surface area contributed by atoms with Crippen LogP contribution in [-0.2, 0) is 0 Å². The van der Waals surface area contributed by atoms with Crippen molar-refractivity contribution in [1.29, 1.82) is 0 Å². The lowest BCUT2D eigenvalue weighted by molar-refractivity contribution is -0.0367. The van der Waals surface area contributed by atoms with Crippen LogP contribution in [0.1, 0.15) is 57.8 Å². The molecule has 0 saturated heterocycles. The van der Waals surface area contributed by atoms with Crippen LogP contribution in [0, 0.1) is 17.3 Å². The molecule has 0 nitrogen and oxygen atoms in total. The molecule has 4 fully saturated rings. The summed E-state index contributed by atoms with van der Waals surface area (Å²) >= 11 is 0. The first-order valence-corrected chi connectivity index (χ1v) is 5.89. The quantitative estimate of drug-likeness (QED) is 0.511. The van der Waals surface area contributed by atoms with E-state index in [-0.39, 0.29) is 0 Å². The van der Waals surface area contributed by atoms with Crippen molar-refractivity contribution < 1.29 is 0 Å². The Balaban J connectivity index is 1.88. The van der Waals surface area contributed by atoms with Crippen LogP contribution in [0.15, 0.2) is 0 Å². The first-order valence-electron chi connectivity index (χ1n) is 5.89. The van der Waals surface area contributed by atoms with Crippen LogP contribution in [0.3, 0.4) is 0 Å². The van der Waals surface area contributed by atoms with E-state index in [1.54, 1.807) is 57.8 Å². The molecule has 0 N–H and O–H groups in total. The van der Waals surface area contributed by atoms with E-state index < -0.39 is 0 Å². The highest BCUT2D eigenvalue weighted by Crippen LogP contribution is 2.59. The Morgan fingerprint density at radius 2 is 1.67 bits per heavy atom. The lowest BCUT2D eigenvalue weighted by Crippen LogP contribution is -2.43. The highest BCUT2D eigenvalue weighted by Gasteiger charge is 2.47. The van der Waals surface area contributed by atoms with Gasteiger partial charge in [0.05, 0.1) is 0 Å². The van der Waals surface area contributed by atoms with Gasteiger partial charge in [-0.15, -0.1) is 0 Å². The lowest BCUT2D eigenvalue weighted by atomic mass is 9.51. The van der Waals surface area contributed by atoms with Crippen LogP contribution in [0.4, 0.5) is 0 Å². The molecule has 0 aliphatic heterocycles. The van der Waals surface area contributed by atoms with Crippen LogP contribution in [-0.4, -0.2) is 0 Å². The molecule has 1 unspecified atom stereocenters. The topological polar surface area (TPSA) is 0 Å². The van der Waals surface area contributed by atoms with Gasteiger partial charge >= 0.3 is 0 Å². The summed E-state index contributed by atoms with van der Waals surface area (Å²) in [7, 11) is 0. The normalized spacial score (nSPS) is 52.0. The van der Waals surface area contributed by atoms with Gasteiger partial charge in [0.15, 0.2) is 0 Å². The molecule has 0 aromatic rings. The molecule has 68 valence electrons. The maximum Gasteiger partial charge on any atom is -0.0269 e. The van der Waals surface area contributed by atoms with Crippen LogP contribution in [0.5, 0.6) is 0 Å². The SMILES string of the molecule is C1CCC23CCC(CC2)CC3C1. The first kappa shape index (κ1) is 7.41. The molecule has 4 saturated carbocycles. The number of hydrogen-bond acceptors (Lipinski definition) is 0. The van der Waals surface area contributed by atoms with Crippen molar-refractivity contribution in [1.82, 2.24) is 0 Å². The van der Waals surface area contributed by atoms with Crippen molar-refractivity contribution >= 4 is 0 Å². The Bertz CT molecular complexity index is 169. The third kappa shape index (κ3) is 0.900. The minimum absolute atomic E-state index is 0.882. The summed E-state index contributed by atoms with van der Waals surface area (Å²) in [6, 6.07) is 0. The minimum atomic E-state index is 0.882. The summed E-state index contributed by atoms with van der Waals surface area (Å²) in [5.41, 5.74) is 0.882. The molecule has 2 bridgehead atoms. The zero-order valence-electron chi connectivity index (χ0n) is 8.02. The Morgan fingerprint density at radius 3 is 2.42 bits per heavy atom. The largest absolute Gasteiger partial charge is 0.0530 e. The Hall–Kier alpha value is 0. The maximum atomic E-state index is 1.61. The smallest absolute Gasteiger partial charge is 0.0269 e. The van der Waals surface area contributed by atoms with Gasteiger partial charge in [-0.25, -0.2) is 0 Å². The van der Waals surface area contributed by atoms with E-state index in [4.69, 9.17) is 0 Å². The van der Waals surface area contributed by atoms with Crippen molar-refractivity contribution in [3.05, 3.63) is 0 Å². The lowest BCUT2D eigenvalue weighted by Gasteiger charge is -2.55. The molecule has 0 heterocycles. The van der Waals surface area contributed by atoms with Crippen LogP contribution in [0.2, 0.25) is 0 Å². The van der Waals surface area contributed by atoms with E-state index in [0.29, 0.717) is 0 Å². The molecule has 1 spiro atoms. The third-order valence-corrected chi connectivity index (χ3v) is 5.06. The van der Waals surface area contributed by atoms with Gasteiger partial charge in [0.25, 0.3) is 0 Å². The molecule has 0 radical (unpaired) electrons. The fourth-order valence-electron chi connectivity index (χ4n) is 4.29. The zero-order chi connectivity index (χ0) is 8.02. The van der Waals surface area contributed by atoms with E-state index >= 15 is 0 Å². The van der Waals surface area contributed by atoms with Crippen LogP contribution in [0.25, 0.3) is 0 Å². The van der Waals surface area contributed by atoms with E-state index in [1.807, 2.05) is 0 Å². The van der Waals surface area contributed by atoms with E-state index in [0.717, 1.165) is 11.3 Å². The van der Waals surface area contributed by atoms with Gasteiger partial charge in [-0.2, -0.15) is 0 Å². The van der Waals surface area contributed by atoms with Gasteiger partial charge in [0.1, 0.15) is 0 Å². The fraction of sp³-hybridized carbons (Fsp3) is 1.00. The number of fused-ring (bicyclic) bond motifs is 2. The summed E-state index contributed by atoms with van der Waals surface area (Å²) in [4.78, 5) is 0. The molecule has 4 rings (SSSR count). The van der Waals surface area contributed by atoms with Gasteiger partial charge in [0, 0.05) is 0 Å². The minimum Gasteiger partial charge on any atom is -0.0530 e. The standard InChI is InChI=1S/C12H20/c1-2-6-12-7-4-10(5-8-12)9-11(12)3-1/h10-11H,1-9H2. The predicted octanol–water partition coefficient (Wildman–Crippen LogP) is 3.76. The zero-order valence-corrected chi connectivity index (χ0v) is 8.02. The summed E-state index contributed by atoms with van der Waals surface area (Å²) in [5, 5.41) is 0. The Morgan fingerprint density at radius 1 is 0.833 bits per heavy atom. The molecule has 0 amide bonds. The second kappa shape index (κ2) is 2.49. The van der Waals surface area contributed by atoms with Crippen molar-refractivity contribution in [3.8, 4) is 0 Å². The van der Waals surface area contributed by atoms with Crippen molar-refractivity contribution in [2.45, 2.75) is 57.8 Å². The van der Waals surface area contributed by atoms with Crippen molar-refractivity contribution in [3.63, 3.8) is 0 Å². The molecule has 4 aliphatic rings. The molecule has 4 aliphatic carbocycles. The molecular formula is C12H20. The molecular weight excluding hydrogens is 144 g/mol. The molecule has 0 aromatic carbocycles. The van der Waals surface area contributed by atoms with E-state index in [1.165, 1.54) is 5.92 Å². The Labute approximate surface area is 75.7 Å². The predicted molar refractivity (Wildman–Crippen MR) is 51.0 cm³/mol. The van der Waals surface area contributed by atoms with E-state index in [2.05, 4.69) is 0 Å². The average Bonchev–Trinajstić information content (AvgIpc) is 2.18. The van der Waals surface area contributed by atoms with Gasteiger partial charge in [-0.3, -0.25) is 0 Å². The molecule has 0 heteroatoms. The summed E-state index contributed by atoms with van der Waals surface area (Å²) in [6.07, 6.45) is 14.2. The Kier molecular flexibility index (Phi) is 1.54. The van der Waals surface area contributed by atoms with Crippen LogP contribution >= 0.6 is 0 Å². The molecule has 12 heavy (non-hydrogen) atoms. The number of hydrogen-bond donors (Lipinski definition) is 0. The first-order chi connectivity index (χ1) is 5.89. The van der Waals surface area contributed by atoms with Crippen LogP contribution < -0.4 is 0 Å². The van der Waals surface area contributed by atoms with Crippen molar-refractivity contribution in [2.75, 3.05) is 0 Å². The maximum absolute atomic E-state index is 1.61. The van der Waals surface area contributed by atoms with Gasteiger partial charge < -0.3 is 0 Å². The fourth-order valence-corrected chi connectivity index (χ4v) is 4.29.